The molecule has 2 heterocycles. The van der Waals surface area contributed by atoms with Crippen LogP contribution in [0, 0.1) is 5.92 Å². The summed E-state index contributed by atoms with van der Waals surface area (Å²) >= 11 is 0. The smallest absolute Gasteiger partial charge is 0.119 e. The summed E-state index contributed by atoms with van der Waals surface area (Å²) < 4.78 is 6.01. The predicted molar refractivity (Wildman–Crippen MR) is 96.6 cm³/mol. The first kappa shape index (κ1) is 14.1. The predicted octanol–water partition coefficient (Wildman–Crippen LogP) is 3.86. The zero-order chi connectivity index (χ0) is 15.9. The second kappa shape index (κ2) is 5.67. The Bertz CT molecular complexity index is 855. The van der Waals surface area contributed by atoms with Crippen molar-refractivity contribution >= 4 is 10.9 Å². The quantitative estimate of drug-likeness (QED) is 0.769. The molecule has 24 heavy (non-hydrogen) atoms. The fourth-order valence-corrected chi connectivity index (χ4v) is 4.48. The lowest BCUT2D eigenvalue weighted by molar-refractivity contribution is 0.183. The second-order valence-corrected chi connectivity index (χ2v) is 7.13. The van der Waals surface area contributed by atoms with Gasteiger partial charge in [-0.2, -0.15) is 0 Å². The van der Waals surface area contributed by atoms with E-state index in [0.717, 1.165) is 25.3 Å². The number of benzene rings is 2. The molecular formula is C21H22N2O. The monoisotopic (exact) mass is 318 g/mol. The molecule has 0 saturated carbocycles. The molecule has 3 aromatic rings. The fraction of sp³-hybridized carbons (Fsp3) is 0.333. The number of hydrogen-bond acceptors (Lipinski definition) is 2. The van der Waals surface area contributed by atoms with Gasteiger partial charge in [-0.15, -0.1) is 0 Å². The molecule has 0 radical (unpaired) electrons. The van der Waals surface area contributed by atoms with Gasteiger partial charge in [-0.1, -0.05) is 30.3 Å². The second-order valence-electron chi connectivity index (χ2n) is 7.13. The Balaban J connectivity index is 1.37. The van der Waals surface area contributed by atoms with Crippen molar-refractivity contribution in [2.24, 2.45) is 5.92 Å². The van der Waals surface area contributed by atoms with Crippen LogP contribution in [-0.2, 0) is 6.42 Å². The third-order valence-corrected chi connectivity index (χ3v) is 5.63. The van der Waals surface area contributed by atoms with Crippen LogP contribution < -0.4 is 10.1 Å². The van der Waals surface area contributed by atoms with Gasteiger partial charge in [0.15, 0.2) is 0 Å². The number of ether oxygens (including phenoxy) is 1. The van der Waals surface area contributed by atoms with E-state index in [2.05, 4.69) is 34.7 Å². The van der Waals surface area contributed by atoms with Crippen LogP contribution in [0.4, 0.5) is 0 Å². The molecule has 5 rings (SSSR count). The van der Waals surface area contributed by atoms with Gasteiger partial charge in [-0.3, -0.25) is 0 Å². The molecule has 2 aliphatic rings. The van der Waals surface area contributed by atoms with Gasteiger partial charge in [0.2, 0.25) is 0 Å². The molecule has 1 aliphatic carbocycles. The topological polar surface area (TPSA) is 37.0 Å². The zero-order valence-corrected chi connectivity index (χ0v) is 13.7. The molecule has 2 N–H and O–H groups in total. The first-order chi connectivity index (χ1) is 11.9. The summed E-state index contributed by atoms with van der Waals surface area (Å²) in [5.74, 6) is 2.12. The van der Waals surface area contributed by atoms with Crippen LogP contribution in [0.3, 0.4) is 0 Å². The summed E-state index contributed by atoms with van der Waals surface area (Å²) in [7, 11) is 0. The minimum Gasteiger partial charge on any atom is -0.493 e. The highest BCUT2D eigenvalue weighted by Gasteiger charge is 2.36. The summed E-state index contributed by atoms with van der Waals surface area (Å²) in [5.41, 5.74) is 4.26. The van der Waals surface area contributed by atoms with Gasteiger partial charge in [0.25, 0.3) is 0 Å². The van der Waals surface area contributed by atoms with Gasteiger partial charge in [-0.25, -0.2) is 0 Å². The van der Waals surface area contributed by atoms with Crippen LogP contribution >= 0.6 is 0 Å². The number of aromatic amines is 1. The van der Waals surface area contributed by atoms with Crippen molar-refractivity contribution in [2.45, 2.75) is 24.8 Å². The van der Waals surface area contributed by atoms with Gasteiger partial charge in [0.1, 0.15) is 5.75 Å². The van der Waals surface area contributed by atoms with Crippen molar-refractivity contribution in [2.75, 3.05) is 13.2 Å². The van der Waals surface area contributed by atoms with E-state index in [1.165, 1.54) is 28.5 Å². The lowest BCUT2D eigenvalue weighted by Crippen LogP contribution is -2.48. The van der Waals surface area contributed by atoms with Gasteiger partial charge in [-0.05, 0) is 42.2 Å². The number of hydrogen-bond donors (Lipinski definition) is 2. The molecule has 3 atom stereocenters. The van der Waals surface area contributed by atoms with Crippen molar-refractivity contribution in [1.29, 1.82) is 0 Å². The van der Waals surface area contributed by atoms with Gasteiger partial charge in [0, 0.05) is 41.5 Å². The van der Waals surface area contributed by atoms with Crippen LogP contribution in [-0.4, -0.2) is 24.2 Å². The van der Waals surface area contributed by atoms with Crippen molar-refractivity contribution in [3.05, 3.63) is 65.9 Å². The highest BCUT2D eigenvalue weighted by molar-refractivity contribution is 5.88. The Labute approximate surface area is 142 Å². The first-order valence-corrected chi connectivity index (χ1v) is 8.88. The maximum Gasteiger partial charge on any atom is 0.119 e. The minimum atomic E-state index is 0.558. The molecule has 3 heteroatoms. The minimum absolute atomic E-state index is 0.558. The van der Waals surface area contributed by atoms with Crippen molar-refractivity contribution < 1.29 is 4.74 Å². The molecule has 1 fully saturated rings. The number of rotatable bonds is 3. The van der Waals surface area contributed by atoms with Crippen molar-refractivity contribution in [3.8, 4) is 5.75 Å². The van der Waals surface area contributed by atoms with Crippen LogP contribution in [0.25, 0.3) is 10.9 Å². The summed E-state index contributed by atoms with van der Waals surface area (Å²) in [6, 6.07) is 17.4. The summed E-state index contributed by atoms with van der Waals surface area (Å²) in [4.78, 5) is 3.44. The Morgan fingerprint density at radius 2 is 1.96 bits per heavy atom. The largest absolute Gasteiger partial charge is 0.493 e. The standard InChI is InChI=1S/C21H22N2O/c1-2-5-16(6-3-1)24-13-14-9-18-17-7-4-8-19-21(17)15(12-23-19)10-20(18)22-11-14/h1-8,12,14,18,20,22-23H,9-11,13H2/t14?,18-,20-/m1/s1. The molecule has 1 aromatic heterocycles. The van der Waals surface area contributed by atoms with Gasteiger partial charge in [0.05, 0.1) is 6.61 Å². The first-order valence-electron chi connectivity index (χ1n) is 8.88. The highest BCUT2D eigenvalue weighted by Crippen LogP contribution is 2.41. The van der Waals surface area contributed by atoms with E-state index >= 15 is 0 Å². The van der Waals surface area contributed by atoms with E-state index in [9.17, 15) is 0 Å². The molecule has 1 unspecified atom stereocenters. The number of aromatic nitrogens is 1. The van der Waals surface area contributed by atoms with Crippen LogP contribution in [0.5, 0.6) is 5.75 Å². The summed E-state index contributed by atoms with van der Waals surface area (Å²) in [6.07, 6.45) is 4.53. The molecule has 0 bridgehead atoms. The Kier molecular flexibility index (Phi) is 3.34. The van der Waals surface area contributed by atoms with Gasteiger partial charge < -0.3 is 15.0 Å². The maximum absolute atomic E-state index is 6.01. The number of nitrogens with one attached hydrogen (secondary N) is 2. The van der Waals surface area contributed by atoms with E-state index in [4.69, 9.17) is 4.74 Å². The van der Waals surface area contributed by atoms with E-state index in [1.54, 1.807) is 0 Å². The van der Waals surface area contributed by atoms with E-state index in [-0.39, 0.29) is 0 Å². The highest BCUT2D eigenvalue weighted by atomic mass is 16.5. The van der Waals surface area contributed by atoms with Crippen LogP contribution in [0.15, 0.2) is 54.7 Å². The fourth-order valence-electron chi connectivity index (χ4n) is 4.48. The van der Waals surface area contributed by atoms with E-state index in [0.29, 0.717) is 17.9 Å². The molecule has 1 aliphatic heterocycles. The lowest BCUT2D eigenvalue weighted by atomic mass is 9.73. The third-order valence-electron chi connectivity index (χ3n) is 5.63. The van der Waals surface area contributed by atoms with Crippen LogP contribution in [0.2, 0.25) is 0 Å². The van der Waals surface area contributed by atoms with Gasteiger partial charge >= 0.3 is 0 Å². The molecule has 2 aromatic carbocycles. The number of fused-ring (bicyclic) bond motifs is 2. The summed E-state index contributed by atoms with van der Waals surface area (Å²) in [6.45, 7) is 1.83. The Morgan fingerprint density at radius 1 is 1.04 bits per heavy atom. The average Bonchev–Trinajstić information content (AvgIpc) is 3.06. The normalized spacial score (nSPS) is 25.4. The van der Waals surface area contributed by atoms with E-state index < -0.39 is 0 Å². The molecule has 122 valence electrons. The SMILES string of the molecule is c1ccc(OCC2CN[C@@H]3Cc4c[nH]c5cccc(c45)[C@H]3C2)cc1. The molecule has 0 spiro atoms. The molecular weight excluding hydrogens is 296 g/mol. The lowest BCUT2D eigenvalue weighted by Gasteiger charge is -2.40. The van der Waals surface area contributed by atoms with Crippen LogP contribution in [0.1, 0.15) is 23.5 Å². The zero-order valence-electron chi connectivity index (χ0n) is 13.7. The summed E-state index contributed by atoms with van der Waals surface area (Å²) in [5, 5.41) is 5.25. The Hall–Kier alpha value is -2.26. The molecule has 1 saturated heterocycles. The Morgan fingerprint density at radius 3 is 2.88 bits per heavy atom. The number of piperidine rings is 1. The maximum atomic E-state index is 6.01. The van der Waals surface area contributed by atoms with E-state index in [1.807, 2.05) is 30.3 Å². The average molecular weight is 318 g/mol. The molecule has 0 amide bonds. The number of para-hydroxylation sites is 1. The third kappa shape index (κ3) is 2.31. The van der Waals surface area contributed by atoms with Crippen molar-refractivity contribution in [3.63, 3.8) is 0 Å². The molecule has 3 nitrogen and oxygen atoms in total. The van der Waals surface area contributed by atoms with Crippen molar-refractivity contribution in [1.82, 2.24) is 10.3 Å². The number of H-pyrrole nitrogens is 1.